The van der Waals surface area contributed by atoms with E-state index in [1.807, 2.05) is 38.1 Å². The third-order valence-electron chi connectivity index (χ3n) is 4.57. The number of halogens is 1. The monoisotopic (exact) mass is 397 g/mol. The van der Waals surface area contributed by atoms with Gasteiger partial charge in [0.2, 0.25) is 5.91 Å². The van der Waals surface area contributed by atoms with Crippen LogP contribution in [0.25, 0.3) is 5.69 Å². The van der Waals surface area contributed by atoms with E-state index in [-0.39, 0.29) is 17.0 Å². The first-order valence-electron chi connectivity index (χ1n) is 9.06. The molecule has 5 nitrogen and oxygen atoms in total. The normalized spacial score (nSPS) is 16.2. The van der Waals surface area contributed by atoms with Crippen LogP contribution in [0, 0.1) is 12.7 Å². The van der Waals surface area contributed by atoms with Crippen molar-refractivity contribution in [3.05, 3.63) is 71.2 Å². The van der Waals surface area contributed by atoms with Crippen molar-refractivity contribution in [2.45, 2.75) is 19.1 Å². The zero-order chi connectivity index (χ0) is 19.7. The maximum Gasteiger partial charge on any atom is 0.235 e. The molecule has 0 bridgehead atoms. The van der Waals surface area contributed by atoms with Crippen molar-refractivity contribution in [3.63, 3.8) is 0 Å². The predicted octanol–water partition coefficient (Wildman–Crippen LogP) is 4.49. The summed E-state index contributed by atoms with van der Waals surface area (Å²) in [6.07, 6.45) is 0. The number of aryl methyl sites for hydroxylation is 1. The fraction of sp³-hybridized carbons (Fsp3) is 0.238. The minimum atomic E-state index is -0.314. The maximum absolute atomic E-state index is 13.3. The number of nitrogens with zero attached hydrogens (tertiary/aromatic N) is 2. The molecule has 2 aromatic carbocycles. The van der Waals surface area contributed by atoms with E-state index in [0.717, 1.165) is 22.6 Å². The lowest BCUT2D eigenvalue weighted by Gasteiger charge is -2.16. The molecule has 1 aliphatic heterocycles. The van der Waals surface area contributed by atoms with Crippen molar-refractivity contribution >= 4 is 23.5 Å². The lowest BCUT2D eigenvalue weighted by molar-refractivity contribution is -0.113. The van der Waals surface area contributed by atoms with Gasteiger partial charge < -0.3 is 10.1 Å². The molecule has 1 atom stereocenters. The number of hydrogen-bond acceptors (Lipinski definition) is 4. The molecule has 2 heterocycles. The molecule has 0 radical (unpaired) electrons. The number of aromatic nitrogens is 2. The van der Waals surface area contributed by atoms with Crippen molar-refractivity contribution in [1.29, 1.82) is 0 Å². The van der Waals surface area contributed by atoms with Gasteiger partial charge in [-0.25, -0.2) is 9.07 Å². The largest absolute Gasteiger partial charge is 0.494 e. The Morgan fingerprint density at radius 3 is 2.61 bits per heavy atom. The highest BCUT2D eigenvalue weighted by Gasteiger charge is 2.30. The summed E-state index contributed by atoms with van der Waals surface area (Å²) in [5.41, 5.74) is 3.56. The number of hydrogen-bond donors (Lipinski definition) is 1. The Labute approximate surface area is 166 Å². The Hall–Kier alpha value is -2.80. The summed E-state index contributed by atoms with van der Waals surface area (Å²) < 4.78 is 20.5. The summed E-state index contributed by atoms with van der Waals surface area (Å²) in [4.78, 5) is 12.4. The number of benzene rings is 2. The summed E-state index contributed by atoms with van der Waals surface area (Å²) >= 11 is 1.57. The Kier molecular flexibility index (Phi) is 5.09. The van der Waals surface area contributed by atoms with Crippen molar-refractivity contribution in [1.82, 2.24) is 9.78 Å². The minimum absolute atomic E-state index is 0.0428. The summed E-state index contributed by atoms with van der Waals surface area (Å²) in [7, 11) is 0. The molecule has 1 N–H and O–H groups in total. The highest BCUT2D eigenvalue weighted by Crippen LogP contribution is 2.44. The number of ether oxygens (including phenoxy) is 1. The van der Waals surface area contributed by atoms with Crippen LogP contribution >= 0.6 is 11.8 Å². The van der Waals surface area contributed by atoms with Crippen molar-refractivity contribution in [2.24, 2.45) is 0 Å². The number of amides is 1. The minimum Gasteiger partial charge on any atom is -0.494 e. The topological polar surface area (TPSA) is 56.1 Å². The van der Waals surface area contributed by atoms with Crippen LogP contribution in [-0.2, 0) is 4.79 Å². The summed E-state index contributed by atoms with van der Waals surface area (Å²) in [5, 5.41) is 7.57. The second-order valence-electron chi connectivity index (χ2n) is 6.48. The molecule has 1 aromatic heterocycles. The van der Waals surface area contributed by atoms with E-state index in [1.165, 1.54) is 12.1 Å². The third kappa shape index (κ3) is 3.49. The van der Waals surface area contributed by atoms with Crippen molar-refractivity contribution in [2.75, 3.05) is 17.7 Å². The first-order valence-corrected chi connectivity index (χ1v) is 10.1. The van der Waals surface area contributed by atoms with Gasteiger partial charge in [0.15, 0.2) is 0 Å². The zero-order valence-electron chi connectivity index (χ0n) is 15.6. The quantitative estimate of drug-likeness (QED) is 0.705. The van der Waals surface area contributed by atoms with Gasteiger partial charge in [0.25, 0.3) is 0 Å². The predicted molar refractivity (Wildman–Crippen MR) is 109 cm³/mol. The smallest absolute Gasteiger partial charge is 0.235 e. The summed E-state index contributed by atoms with van der Waals surface area (Å²) in [6, 6.07) is 14.0. The van der Waals surface area contributed by atoms with E-state index in [0.29, 0.717) is 23.9 Å². The SMILES string of the molecule is CCOc1ccc(C2SCC(=O)Nc3c2c(C)nn3-c2ccc(F)cc2)cc1. The van der Waals surface area contributed by atoms with E-state index < -0.39 is 0 Å². The second kappa shape index (κ2) is 7.67. The summed E-state index contributed by atoms with van der Waals surface area (Å²) in [6.45, 7) is 4.49. The molecule has 144 valence electrons. The van der Waals surface area contributed by atoms with Crippen molar-refractivity contribution < 1.29 is 13.9 Å². The molecule has 0 fully saturated rings. The molecule has 7 heteroatoms. The maximum atomic E-state index is 13.3. The van der Waals surface area contributed by atoms with Gasteiger partial charge in [0, 0.05) is 5.56 Å². The molecular weight excluding hydrogens is 377 g/mol. The van der Waals surface area contributed by atoms with Gasteiger partial charge in [-0.3, -0.25) is 4.79 Å². The molecule has 0 saturated carbocycles. The molecule has 0 saturated heterocycles. The highest BCUT2D eigenvalue weighted by atomic mass is 32.2. The number of anilines is 1. The van der Waals surface area contributed by atoms with Crippen LogP contribution in [0.5, 0.6) is 5.75 Å². The van der Waals surface area contributed by atoms with Gasteiger partial charge in [-0.05, 0) is 55.8 Å². The number of thioether (sulfide) groups is 1. The van der Waals surface area contributed by atoms with Gasteiger partial charge in [-0.15, -0.1) is 11.8 Å². The van der Waals surface area contributed by atoms with Crippen LogP contribution < -0.4 is 10.1 Å². The first kappa shape index (κ1) is 18.6. The molecule has 3 aromatic rings. The molecule has 1 amide bonds. The van der Waals surface area contributed by atoms with Crippen LogP contribution in [0.2, 0.25) is 0 Å². The van der Waals surface area contributed by atoms with E-state index >= 15 is 0 Å². The molecule has 0 aliphatic carbocycles. The van der Waals surface area contributed by atoms with Crippen LogP contribution in [0.1, 0.15) is 29.0 Å². The van der Waals surface area contributed by atoms with E-state index in [4.69, 9.17) is 4.74 Å². The zero-order valence-corrected chi connectivity index (χ0v) is 16.4. The average Bonchev–Trinajstić information content (AvgIpc) is 2.89. The van der Waals surface area contributed by atoms with E-state index in [9.17, 15) is 9.18 Å². The molecule has 28 heavy (non-hydrogen) atoms. The Morgan fingerprint density at radius 2 is 1.93 bits per heavy atom. The molecule has 1 unspecified atom stereocenters. The summed E-state index contributed by atoms with van der Waals surface area (Å²) in [5.74, 6) is 1.40. The first-order chi connectivity index (χ1) is 13.6. The molecular formula is C21H20FN3O2S. The number of nitrogens with one attached hydrogen (secondary N) is 1. The number of carbonyl (C=O) groups excluding carboxylic acids is 1. The fourth-order valence-corrected chi connectivity index (χ4v) is 4.51. The van der Waals surface area contributed by atoms with E-state index in [2.05, 4.69) is 10.4 Å². The van der Waals surface area contributed by atoms with Crippen LogP contribution in [-0.4, -0.2) is 28.0 Å². The van der Waals surface area contributed by atoms with Crippen LogP contribution in [0.3, 0.4) is 0 Å². The van der Waals surface area contributed by atoms with Crippen molar-refractivity contribution in [3.8, 4) is 11.4 Å². The van der Waals surface area contributed by atoms with Crippen LogP contribution in [0.4, 0.5) is 10.2 Å². The second-order valence-corrected chi connectivity index (χ2v) is 7.57. The molecule has 1 aliphatic rings. The lowest BCUT2D eigenvalue weighted by Crippen LogP contribution is -2.15. The number of rotatable bonds is 4. The van der Waals surface area contributed by atoms with E-state index in [1.54, 1.807) is 28.6 Å². The standard InChI is InChI=1S/C21H20FN3O2S/c1-3-27-17-10-4-14(5-11-17)20-19-13(2)24-25(16-8-6-15(22)7-9-16)21(19)23-18(26)12-28-20/h4-11,20H,3,12H2,1-2H3,(H,23,26). The van der Waals surface area contributed by atoms with Gasteiger partial charge >= 0.3 is 0 Å². The van der Waals surface area contributed by atoms with Gasteiger partial charge in [-0.2, -0.15) is 5.10 Å². The average molecular weight is 397 g/mol. The fourth-order valence-electron chi connectivity index (χ4n) is 3.32. The lowest BCUT2D eigenvalue weighted by atomic mass is 10.0. The Morgan fingerprint density at radius 1 is 1.21 bits per heavy atom. The Balaban J connectivity index is 1.80. The van der Waals surface area contributed by atoms with Gasteiger partial charge in [0.1, 0.15) is 17.4 Å². The number of carbonyl (C=O) groups is 1. The number of fused-ring (bicyclic) bond motifs is 1. The van der Waals surface area contributed by atoms with Gasteiger partial charge in [0.05, 0.1) is 29.0 Å². The van der Waals surface area contributed by atoms with Crippen LogP contribution in [0.15, 0.2) is 48.5 Å². The molecule has 0 spiro atoms. The third-order valence-corrected chi connectivity index (χ3v) is 5.84. The highest BCUT2D eigenvalue weighted by molar-refractivity contribution is 8.00. The molecule has 4 rings (SSSR count). The van der Waals surface area contributed by atoms with Gasteiger partial charge in [-0.1, -0.05) is 12.1 Å². The Bertz CT molecular complexity index is 1000.